The molecule has 2 aromatic carbocycles. The molecule has 6 nitrogen and oxygen atoms in total. The van der Waals surface area contributed by atoms with Crippen LogP contribution in [0, 0.1) is 0 Å². The van der Waals surface area contributed by atoms with Gasteiger partial charge in [-0.25, -0.2) is 0 Å². The van der Waals surface area contributed by atoms with Crippen LogP contribution in [0.1, 0.15) is 11.1 Å². The highest BCUT2D eigenvalue weighted by atomic mass is 35.5. The molecule has 1 amide bonds. The van der Waals surface area contributed by atoms with Crippen LogP contribution in [0.15, 0.2) is 42.5 Å². The standard InChI is InChI=1S/C19H20ClNO5/c1-24-16-8-7-13(9-17(16)25-2)11-21-18(22)12-26-19(23)10-14-5-3-4-6-15(14)20/h3-9H,10-12H2,1-2H3,(H,21,22). The third kappa shape index (κ3) is 5.67. The van der Waals surface area contributed by atoms with E-state index in [1.807, 2.05) is 6.07 Å². The Kier molecular flexibility index (Phi) is 7.29. The summed E-state index contributed by atoms with van der Waals surface area (Å²) >= 11 is 5.99. The van der Waals surface area contributed by atoms with Crippen LogP contribution in [-0.4, -0.2) is 32.7 Å². The van der Waals surface area contributed by atoms with Gasteiger partial charge in [0.1, 0.15) is 0 Å². The molecule has 0 radical (unpaired) electrons. The molecule has 1 N–H and O–H groups in total. The fraction of sp³-hybridized carbons (Fsp3) is 0.263. The summed E-state index contributed by atoms with van der Waals surface area (Å²) in [5.41, 5.74) is 1.49. The minimum atomic E-state index is -0.514. The first-order chi connectivity index (χ1) is 12.5. The van der Waals surface area contributed by atoms with E-state index in [0.717, 1.165) is 5.56 Å². The third-order valence-electron chi connectivity index (χ3n) is 3.59. The lowest BCUT2D eigenvalue weighted by atomic mass is 10.1. The first-order valence-corrected chi connectivity index (χ1v) is 8.28. The molecule has 2 rings (SSSR count). The van der Waals surface area contributed by atoms with Crippen LogP contribution in [0.2, 0.25) is 5.02 Å². The van der Waals surface area contributed by atoms with Crippen molar-refractivity contribution in [2.45, 2.75) is 13.0 Å². The molecule has 138 valence electrons. The van der Waals surface area contributed by atoms with Gasteiger partial charge in [-0.05, 0) is 29.3 Å². The monoisotopic (exact) mass is 377 g/mol. The Hall–Kier alpha value is -2.73. The molecule has 0 aliphatic carbocycles. The number of amides is 1. The predicted octanol–water partition coefficient (Wildman–Crippen LogP) is 2.76. The SMILES string of the molecule is COc1ccc(CNC(=O)COC(=O)Cc2ccccc2Cl)cc1OC. The number of carbonyl (C=O) groups is 2. The van der Waals surface area contributed by atoms with Crippen LogP contribution >= 0.6 is 11.6 Å². The summed E-state index contributed by atoms with van der Waals surface area (Å²) in [6.45, 7) is -0.0716. The highest BCUT2D eigenvalue weighted by Gasteiger charge is 2.11. The number of esters is 1. The number of ether oxygens (including phenoxy) is 3. The predicted molar refractivity (Wildman–Crippen MR) is 97.5 cm³/mol. The number of nitrogens with one attached hydrogen (secondary N) is 1. The van der Waals surface area contributed by atoms with Crippen molar-refractivity contribution in [2.75, 3.05) is 20.8 Å². The van der Waals surface area contributed by atoms with Gasteiger partial charge in [0.25, 0.3) is 5.91 Å². The summed E-state index contributed by atoms with van der Waals surface area (Å²) in [7, 11) is 3.09. The maximum atomic E-state index is 11.8. The van der Waals surface area contributed by atoms with Crippen molar-refractivity contribution in [3.05, 3.63) is 58.6 Å². The van der Waals surface area contributed by atoms with E-state index in [9.17, 15) is 9.59 Å². The van der Waals surface area contributed by atoms with Crippen molar-refractivity contribution < 1.29 is 23.8 Å². The van der Waals surface area contributed by atoms with Gasteiger partial charge in [-0.2, -0.15) is 0 Å². The number of rotatable bonds is 8. The quantitative estimate of drug-likeness (QED) is 0.716. The van der Waals surface area contributed by atoms with Gasteiger partial charge in [0, 0.05) is 11.6 Å². The first-order valence-electron chi connectivity index (χ1n) is 7.90. The van der Waals surface area contributed by atoms with E-state index in [1.54, 1.807) is 50.6 Å². The second-order valence-corrected chi connectivity index (χ2v) is 5.80. The minimum Gasteiger partial charge on any atom is -0.493 e. The fourth-order valence-electron chi connectivity index (χ4n) is 2.24. The summed E-state index contributed by atoms with van der Waals surface area (Å²) in [5, 5.41) is 3.17. The average molecular weight is 378 g/mol. The van der Waals surface area contributed by atoms with Crippen LogP contribution in [0.3, 0.4) is 0 Å². The topological polar surface area (TPSA) is 73.9 Å². The second-order valence-electron chi connectivity index (χ2n) is 5.39. The lowest BCUT2D eigenvalue weighted by molar-refractivity contribution is -0.147. The molecule has 7 heteroatoms. The van der Waals surface area contributed by atoms with E-state index < -0.39 is 11.9 Å². The lowest BCUT2D eigenvalue weighted by Crippen LogP contribution is -2.28. The van der Waals surface area contributed by atoms with Crippen molar-refractivity contribution >= 4 is 23.5 Å². The summed E-state index contributed by atoms with van der Waals surface area (Å²) in [5.74, 6) is 0.271. The Bertz CT molecular complexity index is 778. The molecule has 0 aromatic heterocycles. The molecular weight excluding hydrogens is 358 g/mol. The van der Waals surface area contributed by atoms with Crippen LogP contribution in [0.25, 0.3) is 0 Å². The van der Waals surface area contributed by atoms with E-state index in [2.05, 4.69) is 5.32 Å². The fourth-order valence-corrected chi connectivity index (χ4v) is 2.44. The average Bonchev–Trinajstić information content (AvgIpc) is 2.66. The molecule has 26 heavy (non-hydrogen) atoms. The summed E-state index contributed by atoms with van der Waals surface area (Å²) in [6.07, 6.45) is 0.0165. The molecule has 0 spiro atoms. The van der Waals surface area contributed by atoms with Gasteiger partial charge in [-0.1, -0.05) is 35.9 Å². The van der Waals surface area contributed by atoms with Gasteiger partial charge in [-0.15, -0.1) is 0 Å². The van der Waals surface area contributed by atoms with Gasteiger partial charge < -0.3 is 19.5 Å². The van der Waals surface area contributed by atoms with Crippen molar-refractivity contribution in [3.63, 3.8) is 0 Å². The van der Waals surface area contributed by atoms with Gasteiger partial charge >= 0.3 is 5.97 Å². The molecule has 0 heterocycles. The van der Waals surface area contributed by atoms with E-state index in [0.29, 0.717) is 22.1 Å². The van der Waals surface area contributed by atoms with Crippen molar-refractivity contribution in [2.24, 2.45) is 0 Å². The van der Waals surface area contributed by atoms with Gasteiger partial charge in [0.15, 0.2) is 18.1 Å². The molecule has 0 saturated heterocycles. The number of hydrogen-bond donors (Lipinski definition) is 1. The zero-order valence-corrected chi connectivity index (χ0v) is 15.3. The Morgan fingerprint density at radius 3 is 2.46 bits per heavy atom. The Morgan fingerprint density at radius 1 is 1.04 bits per heavy atom. The van der Waals surface area contributed by atoms with E-state index in [-0.39, 0.29) is 19.6 Å². The third-order valence-corrected chi connectivity index (χ3v) is 3.96. The molecule has 0 fully saturated rings. The summed E-state index contributed by atoms with van der Waals surface area (Å²) in [6, 6.07) is 12.3. The number of benzene rings is 2. The minimum absolute atomic E-state index is 0.0165. The highest BCUT2D eigenvalue weighted by molar-refractivity contribution is 6.31. The van der Waals surface area contributed by atoms with Crippen molar-refractivity contribution in [1.82, 2.24) is 5.32 Å². The maximum absolute atomic E-state index is 11.8. The number of methoxy groups -OCH3 is 2. The second kappa shape index (κ2) is 9.68. The number of hydrogen-bond acceptors (Lipinski definition) is 5. The van der Waals surface area contributed by atoms with Gasteiger partial charge in [0.05, 0.1) is 20.6 Å². The van der Waals surface area contributed by atoms with Gasteiger partial charge in [-0.3, -0.25) is 9.59 Å². The van der Waals surface area contributed by atoms with Crippen molar-refractivity contribution in [3.8, 4) is 11.5 Å². The molecule has 0 saturated carbocycles. The smallest absolute Gasteiger partial charge is 0.310 e. The van der Waals surface area contributed by atoms with Crippen LogP contribution in [0.5, 0.6) is 11.5 Å². The Balaban J connectivity index is 1.78. The largest absolute Gasteiger partial charge is 0.493 e. The zero-order chi connectivity index (χ0) is 18.9. The molecule has 0 atom stereocenters. The Morgan fingerprint density at radius 2 is 1.77 bits per heavy atom. The maximum Gasteiger partial charge on any atom is 0.310 e. The van der Waals surface area contributed by atoms with Gasteiger partial charge in [0.2, 0.25) is 0 Å². The van der Waals surface area contributed by atoms with Crippen LogP contribution < -0.4 is 14.8 Å². The molecule has 0 aliphatic heterocycles. The molecule has 0 bridgehead atoms. The normalized spacial score (nSPS) is 10.1. The van der Waals surface area contributed by atoms with E-state index in [1.165, 1.54) is 0 Å². The highest BCUT2D eigenvalue weighted by Crippen LogP contribution is 2.27. The van der Waals surface area contributed by atoms with Crippen LogP contribution in [-0.2, 0) is 27.3 Å². The van der Waals surface area contributed by atoms with E-state index >= 15 is 0 Å². The Labute approximate surface area is 157 Å². The van der Waals surface area contributed by atoms with Crippen LogP contribution in [0.4, 0.5) is 0 Å². The first kappa shape index (κ1) is 19.6. The van der Waals surface area contributed by atoms with Crippen molar-refractivity contribution in [1.29, 1.82) is 0 Å². The number of carbonyl (C=O) groups excluding carboxylic acids is 2. The zero-order valence-electron chi connectivity index (χ0n) is 14.6. The molecule has 0 unspecified atom stereocenters. The molecule has 0 aliphatic rings. The molecule has 2 aromatic rings. The lowest BCUT2D eigenvalue weighted by Gasteiger charge is -2.10. The summed E-state index contributed by atoms with van der Waals surface area (Å²) in [4.78, 5) is 23.7. The number of halogens is 1. The van der Waals surface area contributed by atoms with E-state index in [4.69, 9.17) is 25.8 Å². The molecular formula is C19H20ClNO5. The summed E-state index contributed by atoms with van der Waals surface area (Å²) < 4.78 is 15.3.